The molecule has 0 spiro atoms. The second-order valence-corrected chi connectivity index (χ2v) is 2.53. The predicted molar refractivity (Wildman–Crippen MR) is 36.4 cm³/mol. The molecule has 0 aromatic carbocycles. The van der Waals surface area contributed by atoms with Gasteiger partial charge in [0, 0.05) is 12.8 Å². The van der Waals surface area contributed by atoms with Crippen LogP contribution in [0.5, 0.6) is 0 Å². The lowest BCUT2D eigenvalue weighted by Crippen LogP contribution is -2.34. The molecule has 0 atom stereocenters. The fourth-order valence-electron chi connectivity index (χ4n) is 0.848. The summed E-state index contributed by atoms with van der Waals surface area (Å²) in [4.78, 5) is 41.4. The third-order valence-corrected chi connectivity index (χ3v) is 1.54. The van der Waals surface area contributed by atoms with Crippen molar-refractivity contribution in [1.29, 1.82) is 0 Å². The molecule has 0 aromatic heterocycles. The Labute approximate surface area is 87.8 Å². The Morgan fingerprint density at radius 1 is 1.25 bits per heavy atom. The van der Waals surface area contributed by atoms with Crippen molar-refractivity contribution in [2.24, 2.45) is 0 Å². The van der Waals surface area contributed by atoms with Gasteiger partial charge in [0.1, 0.15) is 0 Å². The summed E-state index contributed by atoms with van der Waals surface area (Å²) in [6.07, 6.45) is -0.442. The molecule has 0 saturated carbocycles. The molecule has 1 aliphatic rings. The Hall–Kier alpha value is -1.59. The highest BCUT2D eigenvalue weighted by molar-refractivity contribution is 6.34. The average molecular weight is 236 g/mol. The topological polar surface area (TPSA) is 124 Å². The van der Waals surface area contributed by atoms with Crippen LogP contribution in [0.2, 0.25) is 0 Å². The zero-order valence-electron chi connectivity index (χ0n) is 7.74. The first kappa shape index (κ1) is 12.5. The van der Waals surface area contributed by atoms with Crippen LogP contribution in [0.25, 0.3) is 0 Å². The number of hydrogen-bond acceptors (Lipinski definition) is 9. The van der Waals surface area contributed by atoms with Gasteiger partial charge >= 0.3 is 5.97 Å². The molecule has 90 valence electrons. The number of hydrogen-bond donors (Lipinski definition) is 0. The largest absolute Gasteiger partial charge is 0.689 e. The molecule has 0 aromatic rings. The van der Waals surface area contributed by atoms with Crippen LogP contribution in [-0.4, -0.2) is 29.5 Å². The van der Waals surface area contributed by atoms with Gasteiger partial charge in [-0.1, -0.05) is 0 Å². The van der Waals surface area contributed by atoms with Crippen molar-refractivity contribution >= 4 is 17.7 Å². The van der Waals surface area contributed by atoms with Crippen LogP contribution in [0.3, 0.4) is 0 Å². The maximum Gasteiger partial charge on any atom is 0.399 e. The third-order valence-electron chi connectivity index (χ3n) is 1.54. The third kappa shape index (κ3) is 3.52. The van der Waals surface area contributed by atoms with E-state index in [4.69, 9.17) is 0 Å². The minimum Gasteiger partial charge on any atom is -0.689 e. The lowest BCUT2D eigenvalue weighted by molar-refractivity contribution is -0.875. The molecule has 10 nitrogen and oxygen atoms in total. The van der Waals surface area contributed by atoms with Crippen LogP contribution < -0.4 is 5.26 Å². The summed E-state index contributed by atoms with van der Waals surface area (Å²) in [5.41, 5.74) is 0. The predicted octanol–water partition coefficient (Wildman–Crippen LogP) is -2.32. The highest BCUT2D eigenvalue weighted by Gasteiger charge is 2.29. The number of rotatable bonds is 5. The molecule has 0 N–H and O–H groups in total. The highest BCUT2D eigenvalue weighted by atomic mass is 17.8. The molecule has 10 heteroatoms. The summed E-state index contributed by atoms with van der Waals surface area (Å²) < 4.78 is 0. The molecular weight excluding hydrogens is 230 g/mol. The standard InChI is InChI=1S/C6H7NO9/c8-4-1-2-5(9)7(13-6(4)10)3-12-15-16-14-11/h11H,1-3H2/p-1. The van der Waals surface area contributed by atoms with Gasteiger partial charge in [-0.05, 0) is 10.1 Å². The second kappa shape index (κ2) is 6.09. The summed E-state index contributed by atoms with van der Waals surface area (Å²) in [6.45, 7) is -0.679. The molecule has 1 fully saturated rings. The van der Waals surface area contributed by atoms with E-state index in [2.05, 4.69) is 24.8 Å². The average Bonchev–Trinajstić information content (AvgIpc) is 2.39. The Kier molecular flexibility index (Phi) is 4.75. The summed E-state index contributed by atoms with van der Waals surface area (Å²) in [7, 11) is 0. The zero-order valence-corrected chi connectivity index (χ0v) is 7.74. The molecule has 1 heterocycles. The monoisotopic (exact) mass is 236 g/mol. The van der Waals surface area contributed by atoms with E-state index < -0.39 is 24.4 Å². The van der Waals surface area contributed by atoms with Crippen LogP contribution in [0.1, 0.15) is 12.8 Å². The first-order chi connectivity index (χ1) is 7.65. The van der Waals surface area contributed by atoms with Crippen LogP contribution in [0.15, 0.2) is 0 Å². The van der Waals surface area contributed by atoms with E-state index in [1.54, 1.807) is 0 Å². The van der Waals surface area contributed by atoms with E-state index >= 15 is 0 Å². The molecule has 0 radical (unpaired) electrons. The SMILES string of the molecule is O=C1CCC(=O)N(COOOO[O-])OC1=O. The van der Waals surface area contributed by atoms with E-state index in [1.807, 2.05) is 0 Å². The van der Waals surface area contributed by atoms with Crippen LogP contribution in [0.4, 0.5) is 0 Å². The Bertz CT molecular complexity index is 290. The maximum atomic E-state index is 11.2. The minimum atomic E-state index is -1.18. The molecular formula is C6H6NO9-. The van der Waals surface area contributed by atoms with E-state index in [0.717, 1.165) is 0 Å². The van der Waals surface area contributed by atoms with Crippen LogP contribution >= 0.6 is 0 Å². The number of hydroxylamine groups is 2. The van der Waals surface area contributed by atoms with Gasteiger partial charge in [-0.15, -0.1) is 5.06 Å². The molecule has 1 rings (SSSR count). The number of carbonyl (C=O) groups excluding carboxylic acids is 3. The van der Waals surface area contributed by atoms with Crippen LogP contribution in [-0.2, 0) is 39.2 Å². The second-order valence-electron chi connectivity index (χ2n) is 2.53. The number of amides is 1. The fraction of sp³-hybridized carbons (Fsp3) is 0.500. The van der Waals surface area contributed by atoms with Crippen molar-refractivity contribution in [3.63, 3.8) is 0 Å². The summed E-state index contributed by atoms with van der Waals surface area (Å²) in [5.74, 6) is -2.67. The van der Waals surface area contributed by atoms with Crippen molar-refractivity contribution in [2.75, 3.05) is 6.73 Å². The minimum absolute atomic E-state index is 0.202. The molecule has 16 heavy (non-hydrogen) atoms. The van der Waals surface area contributed by atoms with Gasteiger partial charge in [0.05, 0.1) is 0 Å². The summed E-state index contributed by atoms with van der Waals surface area (Å²) >= 11 is 0. The maximum absolute atomic E-state index is 11.2. The van der Waals surface area contributed by atoms with Gasteiger partial charge in [0.15, 0.2) is 6.73 Å². The number of carbonyl (C=O) groups is 3. The fourth-order valence-corrected chi connectivity index (χ4v) is 0.848. The van der Waals surface area contributed by atoms with Crippen molar-refractivity contribution in [2.45, 2.75) is 12.8 Å². The Morgan fingerprint density at radius 3 is 2.69 bits per heavy atom. The van der Waals surface area contributed by atoms with Crippen molar-refractivity contribution in [1.82, 2.24) is 5.06 Å². The van der Waals surface area contributed by atoms with E-state index in [1.165, 1.54) is 0 Å². The molecule has 1 saturated heterocycles. The van der Waals surface area contributed by atoms with Gasteiger partial charge in [-0.3, -0.25) is 14.6 Å². The molecule has 0 bridgehead atoms. The lowest BCUT2D eigenvalue weighted by Gasteiger charge is -2.16. The van der Waals surface area contributed by atoms with Gasteiger partial charge in [-0.25, -0.2) is 4.79 Å². The number of nitrogens with zero attached hydrogens (tertiary/aromatic N) is 1. The van der Waals surface area contributed by atoms with Crippen molar-refractivity contribution < 1.29 is 44.5 Å². The molecule has 1 aliphatic heterocycles. The Balaban J connectivity index is 2.41. The first-order valence-electron chi connectivity index (χ1n) is 3.95. The van der Waals surface area contributed by atoms with Gasteiger partial charge < -0.3 is 10.1 Å². The van der Waals surface area contributed by atoms with Crippen molar-refractivity contribution in [3.8, 4) is 0 Å². The Morgan fingerprint density at radius 2 is 2.00 bits per heavy atom. The van der Waals surface area contributed by atoms with Crippen molar-refractivity contribution in [3.05, 3.63) is 0 Å². The number of Topliss-reactive ketones (excluding diaryl/α,β-unsaturated/α-hetero) is 1. The van der Waals surface area contributed by atoms with Crippen LogP contribution in [0, 0.1) is 0 Å². The quantitative estimate of drug-likeness (QED) is 0.224. The number of ketones is 1. The molecule has 0 unspecified atom stereocenters. The van der Waals surface area contributed by atoms with E-state index in [0.29, 0.717) is 5.06 Å². The van der Waals surface area contributed by atoms with E-state index in [-0.39, 0.29) is 12.8 Å². The van der Waals surface area contributed by atoms with Gasteiger partial charge in [-0.2, -0.15) is 4.89 Å². The van der Waals surface area contributed by atoms with E-state index in [9.17, 15) is 19.6 Å². The first-order valence-corrected chi connectivity index (χ1v) is 3.95. The summed E-state index contributed by atoms with van der Waals surface area (Å²) in [6, 6.07) is 0. The normalized spacial score (nSPS) is 17.3. The van der Waals surface area contributed by atoms with Gasteiger partial charge in [0.25, 0.3) is 5.91 Å². The molecule has 0 aliphatic carbocycles. The smallest absolute Gasteiger partial charge is 0.399 e. The highest BCUT2D eigenvalue weighted by Crippen LogP contribution is 2.07. The molecule has 1 amide bonds. The summed E-state index contributed by atoms with van der Waals surface area (Å²) in [5, 5.41) is 19.4. The lowest BCUT2D eigenvalue weighted by atomic mass is 10.2. The zero-order chi connectivity index (χ0) is 12.0. The van der Waals surface area contributed by atoms with Gasteiger partial charge in [0.2, 0.25) is 5.78 Å².